The third-order valence-electron chi connectivity index (χ3n) is 3.81. The van der Waals surface area contributed by atoms with Crippen LogP contribution in [0.15, 0.2) is 30.3 Å². The molecule has 0 atom stereocenters. The van der Waals surface area contributed by atoms with E-state index >= 15 is 0 Å². The Hall–Kier alpha value is -1.65. The van der Waals surface area contributed by atoms with Crippen molar-refractivity contribution in [1.29, 1.82) is 0 Å². The second-order valence-corrected chi connectivity index (χ2v) is 6.98. The molecule has 0 unspecified atom stereocenters. The van der Waals surface area contributed by atoms with E-state index in [1.54, 1.807) is 0 Å². The zero-order valence-electron chi connectivity index (χ0n) is 13.3. The third-order valence-corrected chi connectivity index (χ3v) is 5.25. The highest BCUT2D eigenvalue weighted by atomic mass is 35.5. The van der Waals surface area contributed by atoms with Gasteiger partial charge >= 0.3 is 0 Å². The number of hydrogen-bond donors (Lipinski definition) is 0. The second kappa shape index (κ2) is 6.85. The van der Waals surface area contributed by atoms with Crippen molar-refractivity contribution in [3.05, 3.63) is 40.4 Å². The molecular weight excluding hydrogens is 328 g/mol. The Bertz CT molecular complexity index is 853. The van der Waals surface area contributed by atoms with E-state index in [1.807, 2.05) is 35.2 Å². The normalized spacial score (nSPS) is 11.3. The van der Waals surface area contributed by atoms with Gasteiger partial charge in [-0.15, -0.1) is 11.3 Å². The van der Waals surface area contributed by atoms with Crippen molar-refractivity contribution in [2.24, 2.45) is 0 Å². The second-order valence-electron chi connectivity index (χ2n) is 5.57. The lowest BCUT2D eigenvalue weighted by atomic mass is 10.2. The summed E-state index contributed by atoms with van der Waals surface area (Å²) in [6.07, 6.45) is 1.92. The molecule has 0 aliphatic heterocycles. The molecule has 0 saturated carbocycles. The molecule has 120 valence electrons. The molecular formula is C18H19ClN2OS. The van der Waals surface area contributed by atoms with Gasteiger partial charge in [-0.3, -0.25) is 4.79 Å². The Balaban J connectivity index is 2.10. The number of benzene rings is 1. The summed E-state index contributed by atoms with van der Waals surface area (Å²) >= 11 is 7.84. The highest BCUT2D eigenvalue weighted by Gasteiger charge is 2.19. The van der Waals surface area contributed by atoms with E-state index in [-0.39, 0.29) is 5.91 Å². The number of para-hydroxylation sites is 1. The average molecular weight is 347 g/mol. The highest BCUT2D eigenvalue weighted by Crippen LogP contribution is 2.36. The van der Waals surface area contributed by atoms with Crippen molar-refractivity contribution in [2.45, 2.75) is 26.7 Å². The van der Waals surface area contributed by atoms with Crippen LogP contribution in [-0.2, 0) is 0 Å². The number of carbonyl (C=O) groups is 1. The standard InChI is InChI=1S/C18H19ClN2OS/c1-3-9-21(10-4-2)18(22)15-11-13-16(23-15)12-7-5-6-8-14(12)20-17(13)19/h5-8,11H,3-4,9-10H2,1-2H3. The Labute approximate surface area is 144 Å². The van der Waals surface area contributed by atoms with Crippen LogP contribution in [0.1, 0.15) is 36.4 Å². The van der Waals surface area contributed by atoms with Gasteiger partial charge in [-0.25, -0.2) is 4.98 Å². The number of amides is 1. The van der Waals surface area contributed by atoms with Crippen LogP contribution < -0.4 is 0 Å². The molecule has 2 aromatic heterocycles. The molecule has 0 saturated heterocycles. The third kappa shape index (κ3) is 3.06. The first-order valence-electron chi connectivity index (χ1n) is 7.92. The highest BCUT2D eigenvalue weighted by molar-refractivity contribution is 7.21. The molecule has 0 radical (unpaired) electrons. The molecule has 0 N–H and O–H groups in total. The Morgan fingerprint density at radius 3 is 2.57 bits per heavy atom. The lowest BCUT2D eigenvalue weighted by molar-refractivity contribution is 0.0760. The van der Waals surface area contributed by atoms with Crippen molar-refractivity contribution < 1.29 is 4.79 Å². The van der Waals surface area contributed by atoms with E-state index in [0.717, 1.165) is 51.8 Å². The van der Waals surface area contributed by atoms with E-state index in [4.69, 9.17) is 11.6 Å². The largest absolute Gasteiger partial charge is 0.338 e. The van der Waals surface area contributed by atoms with Crippen LogP contribution in [0, 0.1) is 0 Å². The first-order valence-corrected chi connectivity index (χ1v) is 9.12. The van der Waals surface area contributed by atoms with Crippen LogP contribution >= 0.6 is 22.9 Å². The number of halogens is 1. The molecule has 2 heterocycles. The molecule has 0 aliphatic rings. The smallest absolute Gasteiger partial charge is 0.263 e. The average Bonchev–Trinajstić information content (AvgIpc) is 3.00. The zero-order valence-corrected chi connectivity index (χ0v) is 14.9. The number of fused-ring (bicyclic) bond motifs is 3. The summed E-state index contributed by atoms with van der Waals surface area (Å²) in [6, 6.07) is 9.80. The van der Waals surface area contributed by atoms with Crippen LogP contribution in [-0.4, -0.2) is 28.9 Å². The number of carbonyl (C=O) groups excluding carboxylic acids is 1. The topological polar surface area (TPSA) is 33.2 Å². The minimum atomic E-state index is 0.0926. The summed E-state index contributed by atoms with van der Waals surface area (Å²) in [5.74, 6) is 0.0926. The molecule has 0 fully saturated rings. The van der Waals surface area contributed by atoms with Gasteiger partial charge in [0.2, 0.25) is 0 Å². The van der Waals surface area contributed by atoms with Crippen molar-refractivity contribution in [2.75, 3.05) is 13.1 Å². The van der Waals surface area contributed by atoms with Gasteiger partial charge in [-0.1, -0.05) is 43.6 Å². The van der Waals surface area contributed by atoms with Gasteiger partial charge in [0.15, 0.2) is 0 Å². The summed E-state index contributed by atoms with van der Waals surface area (Å²) in [5.41, 5.74) is 0.866. The van der Waals surface area contributed by atoms with Gasteiger partial charge in [0.25, 0.3) is 5.91 Å². The van der Waals surface area contributed by atoms with Crippen LogP contribution in [0.4, 0.5) is 0 Å². The summed E-state index contributed by atoms with van der Waals surface area (Å²) in [7, 11) is 0. The van der Waals surface area contributed by atoms with E-state index in [9.17, 15) is 4.79 Å². The van der Waals surface area contributed by atoms with E-state index in [1.165, 1.54) is 11.3 Å². The monoisotopic (exact) mass is 346 g/mol. The van der Waals surface area contributed by atoms with Crippen molar-refractivity contribution in [1.82, 2.24) is 9.88 Å². The molecule has 0 spiro atoms. The molecule has 5 heteroatoms. The maximum absolute atomic E-state index is 12.8. The van der Waals surface area contributed by atoms with Crippen molar-refractivity contribution in [3.63, 3.8) is 0 Å². The first-order chi connectivity index (χ1) is 11.2. The van der Waals surface area contributed by atoms with E-state index < -0.39 is 0 Å². The van der Waals surface area contributed by atoms with Gasteiger partial charge in [0.1, 0.15) is 5.15 Å². The maximum atomic E-state index is 12.8. The molecule has 1 aromatic carbocycles. The predicted octanol–water partition coefficient (Wildman–Crippen LogP) is 5.37. The summed E-state index contributed by atoms with van der Waals surface area (Å²) < 4.78 is 1.04. The summed E-state index contributed by atoms with van der Waals surface area (Å²) in [6.45, 7) is 5.76. The number of thiophene rings is 1. The fraction of sp³-hybridized carbons (Fsp3) is 0.333. The van der Waals surface area contributed by atoms with Gasteiger partial charge in [0, 0.05) is 28.6 Å². The number of pyridine rings is 1. The zero-order chi connectivity index (χ0) is 16.4. The van der Waals surface area contributed by atoms with E-state index in [0.29, 0.717) is 5.15 Å². The van der Waals surface area contributed by atoms with Crippen molar-refractivity contribution in [3.8, 4) is 0 Å². The van der Waals surface area contributed by atoms with Crippen LogP contribution in [0.3, 0.4) is 0 Å². The predicted molar refractivity (Wildman–Crippen MR) is 98.6 cm³/mol. The number of nitrogens with zero attached hydrogens (tertiary/aromatic N) is 2. The summed E-state index contributed by atoms with van der Waals surface area (Å²) in [4.78, 5) is 19.9. The quantitative estimate of drug-likeness (QED) is 0.582. The Kier molecular flexibility index (Phi) is 4.83. The lowest BCUT2D eigenvalue weighted by Gasteiger charge is -2.20. The Morgan fingerprint density at radius 2 is 1.87 bits per heavy atom. The van der Waals surface area contributed by atoms with Gasteiger partial charge in [-0.05, 0) is 25.0 Å². The van der Waals surface area contributed by atoms with Gasteiger partial charge < -0.3 is 4.90 Å². The molecule has 0 aliphatic carbocycles. The van der Waals surface area contributed by atoms with Crippen LogP contribution in [0.2, 0.25) is 5.15 Å². The minimum absolute atomic E-state index is 0.0926. The van der Waals surface area contributed by atoms with Crippen LogP contribution in [0.25, 0.3) is 21.0 Å². The molecule has 1 amide bonds. The van der Waals surface area contributed by atoms with Gasteiger partial charge in [0.05, 0.1) is 10.4 Å². The van der Waals surface area contributed by atoms with E-state index in [2.05, 4.69) is 18.8 Å². The molecule has 23 heavy (non-hydrogen) atoms. The number of rotatable bonds is 5. The SMILES string of the molecule is CCCN(CCC)C(=O)c1cc2c(Cl)nc3ccccc3c2s1. The minimum Gasteiger partial charge on any atom is -0.338 e. The molecule has 3 aromatic rings. The molecule has 0 bridgehead atoms. The maximum Gasteiger partial charge on any atom is 0.263 e. The molecule has 3 rings (SSSR count). The fourth-order valence-corrected chi connectivity index (χ4v) is 4.25. The fourth-order valence-electron chi connectivity index (χ4n) is 2.79. The van der Waals surface area contributed by atoms with Gasteiger partial charge in [-0.2, -0.15) is 0 Å². The first kappa shape index (κ1) is 16.2. The summed E-state index contributed by atoms with van der Waals surface area (Å²) in [5, 5.41) is 2.38. The van der Waals surface area contributed by atoms with Crippen molar-refractivity contribution >= 4 is 49.8 Å². The molecule has 3 nitrogen and oxygen atoms in total. The Morgan fingerprint density at radius 1 is 1.17 bits per heavy atom. The number of hydrogen-bond acceptors (Lipinski definition) is 3. The lowest BCUT2D eigenvalue weighted by Crippen LogP contribution is -2.31. The van der Waals surface area contributed by atoms with Crippen LogP contribution in [0.5, 0.6) is 0 Å². The number of aromatic nitrogens is 1.